The molecule has 4 rings (SSSR count). The molecule has 0 spiro atoms. The van der Waals surface area contributed by atoms with Gasteiger partial charge in [0.05, 0.1) is 0 Å². The number of nitrogens with zero attached hydrogens (tertiary/aromatic N) is 3. The molecule has 29 heavy (non-hydrogen) atoms. The lowest BCUT2D eigenvalue weighted by Crippen LogP contribution is -2.56. The van der Waals surface area contributed by atoms with E-state index in [1.54, 1.807) is 4.90 Å². The van der Waals surface area contributed by atoms with Gasteiger partial charge in [-0.15, -0.1) is 0 Å². The van der Waals surface area contributed by atoms with Crippen molar-refractivity contribution in [1.82, 2.24) is 14.7 Å². The van der Waals surface area contributed by atoms with Crippen LogP contribution in [0.25, 0.3) is 0 Å². The highest BCUT2D eigenvalue weighted by Gasteiger charge is 2.37. The van der Waals surface area contributed by atoms with Gasteiger partial charge in [0.1, 0.15) is 11.6 Å². The molecule has 2 saturated heterocycles. The Balaban J connectivity index is 1.57. The molecular formula is C23H27F2N3O. The maximum Gasteiger partial charge on any atom is 0.254 e. The number of rotatable bonds is 3. The van der Waals surface area contributed by atoms with E-state index >= 15 is 0 Å². The maximum absolute atomic E-state index is 13.6. The van der Waals surface area contributed by atoms with Crippen molar-refractivity contribution in [1.29, 1.82) is 0 Å². The molecule has 0 aromatic heterocycles. The van der Waals surface area contributed by atoms with Crippen molar-refractivity contribution in [3.8, 4) is 0 Å². The van der Waals surface area contributed by atoms with E-state index in [1.165, 1.54) is 5.56 Å². The molecule has 0 aliphatic carbocycles. The number of carbonyl (C=O) groups excluding carboxylic acids is 1. The van der Waals surface area contributed by atoms with Crippen LogP contribution >= 0.6 is 0 Å². The Labute approximate surface area is 170 Å². The van der Waals surface area contributed by atoms with Gasteiger partial charge in [0, 0.05) is 62.9 Å². The predicted molar refractivity (Wildman–Crippen MR) is 109 cm³/mol. The lowest BCUT2D eigenvalue weighted by atomic mass is 9.84. The zero-order valence-electron chi connectivity index (χ0n) is 16.7. The molecule has 0 saturated carbocycles. The standard InChI is InChI=1S/C23H27F2N3O/c1-26-9-11-27(12-10-26)22-7-8-28(16-21(22)17-5-3-2-4-6-17)23(29)18-13-19(24)15-20(25)14-18/h2-6,13-15,21-22H,7-12,16H2,1H3/t21-,22-/m0/s1. The summed E-state index contributed by atoms with van der Waals surface area (Å²) >= 11 is 0. The number of piperidine rings is 1. The van der Waals surface area contributed by atoms with Crippen LogP contribution in [0, 0.1) is 11.6 Å². The SMILES string of the molecule is CN1CCN([C@H]2CCN(C(=O)c3cc(F)cc(F)c3)C[C@H]2c2ccccc2)CC1. The molecule has 2 fully saturated rings. The third kappa shape index (κ3) is 4.49. The maximum atomic E-state index is 13.6. The van der Waals surface area contributed by atoms with Gasteiger partial charge in [-0.2, -0.15) is 0 Å². The molecule has 2 atom stereocenters. The topological polar surface area (TPSA) is 26.8 Å². The zero-order chi connectivity index (χ0) is 20.4. The smallest absolute Gasteiger partial charge is 0.254 e. The van der Waals surface area contributed by atoms with E-state index in [1.807, 2.05) is 18.2 Å². The monoisotopic (exact) mass is 399 g/mol. The Hall–Kier alpha value is -2.31. The van der Waals surface area contributed by atoms with Crippen molar-refractivity contribution in [3.05, 3.63) is 71.3 Å². The molecule has 2 aliphatic heterocycles. The summed E-state index contributed by atoms with van der Waals surface area (Å²) in [4.78, 5) is 19.6. The first-order chi connectivity index (χ1) is 14.0. The molecule has 6 heteroatoms. The normalized spacial score (nSPS) is 23.9. The summed E-state index contributed by atoms with van der Waals surface area (Å²) < 4.78 is 27.2. The van der Waals surface area contributed by atoms with Gasteiger partial charge >= 0.3 is 0 Å². The van der Waals surface area contributed by atoms with Gasteiger partial charge in [0.25, 0.3) is 5.91 Å². The van der Waals surface area contributed by atoms with Crippen molar-refractivity contribution < 1.29 is 13.6 Å². The highest BCUT2D eigenvalue weighted by molar-refractivity contribution is 5.94. The summed E-state index contributed by atoms with van der Waals surface area (Å²) in [5.74, 6) is -1.57. The largest absolute Gasteiger partial charge is 0.338 e. The number of benzene rings is 2. The minimum atomic E-state index is -0.722. The van der Waals surface area contributed by atoms with Gasteiger partial charge in [-0.3, -0.25) is 9.69 Å². The third-order valence-corrected chi connectivity index (χ3v) is 6.21. The molecule has 0 N–H and O–H groups in total. The minimum Gasteiger partial charge on any atom is -0.338 e. The molecule has 2 aromatic rings. The summed E-state index contributed by atoms with van der Waals surface area (Å²) in [6, 6.07) is 13.7. The van der Waals surface area contributed by atoms with Crippen LogP contribution in [0.2, 0.25) is 0 Å². The molecule has 4 nitrogen and oxygen atoms in total. The second-order valence-corrected chi connectivity index (χ2v) is 8.12. The second kappa shape index (κ2) is 8.59. The lowest BCUT2D eigenvalue weighted by Gasteiger charge is -2.46. The van der Waals surface area contributed by atoms with Gasteiger partial charge in [0.15, 0.2) is 0 Å². The van der Waals surface area contributed by atoms with Gasteiger partial charge in [0.2, 0.25) is 0 Å². The molecule has 2 aromatic carbocycles. The first-order valence-electron chi connectivity index (χ1n) is 10.2. The highest BCUT2D eigenvalue weighted by Crippen LogP contribution is 2.32. The van der Waals surface area contributed by atoms with Gasteiger partial charge in [-0.05, 0) is 31.2 Å². The number of likely N-dealkylation sites (tertiary alicyclic amines) is 1. The van der Waals surface area contributed by atoms with E-state index < -0.39 is 11.6 Å². The molecule has 154 valence electrons. The second-order valence-electron chi connectivity index (χ2n) is 8.12. The van der Waals surface area contributed by atoms with Gasteiger partial charge < -0.3 is 9.80 Å². The van der Waals surface area contributed by atoms with Crippen LogP contribution in [0.5, 0.6) is 0 Å². The van der Waals surface area contributed by atoms with E-state index in [0.29, 0.717) is 19.1 Å². The van der Waals surface area contributed by atoms with E-state index in [9.17, 15) is 13.6 Å². The van der Waals surface area contributed by atoms with Crippen LogP contribution in [0.15, 0.2) is 48.5 Å². The minimum absolute atomic E-state index is 0.0763. The molecular weight excluding hydrogens is 372 g/mol. The van der Waals surface area contributed by atoms with Gasteiger partial charge in [-0.1, -0.05) is 30.3 Å². The summed E-state index contributed by atoms with van der Waals surface area (Å²) in [7, 11) is 2.14. The van der Waals surface area contributed by atoms with Crippen LogP contribution in [-0.4, -0.2) is 73.0 Å². The fourth-order valence-electron chi connectivity index (χ4n) is 4.60. The van der Waals surface area contributed by atoms with Crippen molar-refractivity contribution in [2.45, 2.75) is 18.4 Å². The first kappa shape index (κ1) is 20.0. The average molecular weight is 399 g/mol. The Morgan fingerprint density at radius 3 is 2.24 bits per heavy atom. The van der Waals surface area contributed by atoms with Crippen molar-refractivity contribution >= 4 is 5.91 Å². The first-order valence-corrected chi connectivity index (χ1v) is 10.2. The number of hydrogen-bond donors (Lipinski definition) is 0. The number of carbonyl (C=O) groups is 1. The van der Waals surface area contributed by atoms with E-state index in [-0.39, 0.29) is 17.4 Å². The number of halogens is 2. The van der Waals surface area contributed by atoms with Crippen molar-refractivity contribution in [2.24, 2.45) is 0 Å². The lowest BCUT2D eigenvalue weighted by molar-refractivity contribution is 0.0427. The number of likely N-dealkylation sites (N-methyl/N-ethyl adjacent to an activating group) is 1. The molecule has 0 radical (unpaired) electrons. The molecule has 2 heterocycles. The Kier molecular flexibility index (Phi) is 5.92. The molecule has 2 aliphatic rings. The average Bonchev–Trinajstić information content (AvgIpc) is 2.73. The summed E-state index contributed by atoms with van der Waals surface area (Å²) in [5.41, 5.74) is 1.28. The molecule has 0 unspecified atom stereocenters. The van der Waals surface area contributed by atoms with E-state index in [0.717, 1.165) is 50.8 Å². The van der Waals surface area contributed by atoms with Crippen LogP contribution in [0.1, 0.15) is 28.3 Å². The van der Waals surface area contributed by atoms with Gasteiger partial charge in [-0.25, -0.2) is 8.78 Å². The summed E-state index contributed by atoms with van der Waals surface area (Å²) in [5, 5.41) is 0. The highest BCUT2D eigenvalue weighted by atomic mass is 19.1. The Bertz CT molecular complexity index is 832. The molecule has 1 amide bonds. The van der Waals surface area contributed by atoms with Crippen LogP contribution in [0.3, 0.4) is 0 Å². The van der Waals surface area contributed by atoms with Crippen LogP contribution in [0.4, 0.5) is 8.78 Å². The molecule has 0 bridgehead atoms. The Morgan fingerprint density at radius 1 is 0.931 bits per heavy atom. The zero-order valence-corrected chi connectivity index (χ0v) is 16.7. The van der Waals surface area contributed by atoms with Crippen molar-refractivity contribution in [2.75, 3.05) is 46.3 Å². The number of hydrogen-bond acceptors (Lipinski definition) is 3. The van der Waals surface area contributed by atoms with E-state index in [4.69, 9.17) is 0 Å². The quantitative estimate of drug-likeness (QED) is 0.793. The van der Waals surface area contributed by atoms with Crippen LogP contribution in [-0.2, 0) is 0 Å². The number of piperazine rings is 1. The summed E-state index contributed by atoms with van der Waals surface area (Å²) in [6.07, 6.45) is 0.854. The summed E-state index contributed by atoms with van der Waals surface area (Å²) in [6.45, 7) is 5.28. The van der Waals surface area contributed by atoms with Crippen molar-refractivity contribution in [3.63, 3.8) is 0 Å². The third-order valence-electron chi connectivity index (χ3n) is 6.21. The number of amides is 1. The fourth-order valence-corrected chi connectivity index (χ4v) is 4.60. The van der Waals surface area contributed by atoms with E-state index in [2.05, 4.69) is 29.0 Å². The predicted octanol–water partition coefficient (Wildman–Crippen LogP) is 3.21. The van der Waals surface area contributed by atoms with Crippen LogP contribution < -0.4 is 0 Å². The Morgan fingerprint density at radius 2 is 1.59 bits per heavy atom. The fraction of sp³-hybridized carbons (Fsp3) is 0.435.